The molecule has 2 aromatic carbocycles. The van der Waals surface area contributed by atoms with Gasteiger partial charge in [-0.25, -0.2) is 4.39 Å². The van der Waals surface area contributed by atoms with E-state index in [1.54, 1.807) is 19.1 Å². The van der Waals surface area contributed by atoms with E-state index < -0.39 is 17.7 Å². The van der Waals surface area contributed by atoms with Crippen molar-refractivity contribution in [3.8, 4) is 11.1 Å². The highest BCUT2D eigenvalue weighted by atomic mass is 19.1. The smallest absolute Gasteiger partial charge is 0.481 e. The highest BCUT2D eigenvalue weighted by Gasteiger charge is 2.15. The lowest BCUT2D eigenvalue weighted by Crippen LogP contribution is -2.07. The van der Waals surface area contributed by atoms with E-state index in [1.807, 2.05) is 30.3 Å². The van der Waals surface area contributed by atoms with Crippen molar-refractivity contribution in [2.45, 2.75) is 12.8 Å². The summed E-state index contributed by atoms with van der Waals surface area (Å²) in [5.41, 5.74) is 1.74. The Morgan fingerprint density at radius 2 is 1.89 bits per heavy atom. The maximum atomic E-state index is 14.0. The van der Waals surface area contributed by atoms with E-state index in [0.717, 1.165) is 5.56 Å². The molecule has 2 nitrogen and oxygen atoms in total. The van der Waals surface area contributed by atoms with Crippen LogP contribution in [0.25, 0.3) is 11.1 Å². The van der Waals surface area contributed by atoms with Gasteiger partial charge in [0.2, 0.25) is 0 Å². The van der Waals surface area contributed by atoms with Gasteiger partial charge in [0.1, 0.15) is 5.82 Å². The Hall–Kier alpha value is -2.16. The average molecular weight is 245 g/mol. The van der Waals surface area contributed by atoms with Crippen molar-refractivity contribution in [1.29, 1.82) is 0 Å². The van der Waals surface area contributed by atoms with Gasteiger partial charge in [0.25, 0.3) is 0 Å². The molecule has 0 saturated heterocycles. The van der Waals surface area contributed by atoms with Crippen LogP contribution in [0.15, 0.2) is 48.5 Å². The van der Waals surface area contributed by atoms with Crippen LogP contribution >= 0.6 is 0 Å². The highest BCUT2D eigenvalue weighted by molar-refractivity contribution is 5.76. The first-order valence-corrected chi connectivity index (χ1v) is 5.67. The first-order valence-electron chi connectivity index (χ1n) is 5.67. The van der Waals surface area contributed by atoms with E-state index in [2.05, 4.69) is 0 Å². The Bertz CT molecular complexity index is 570. The zero-order valence-electron chi connectivity index (χ0n) is 10.9. The lowest BCUT2D eigenvalue weighted by molar-refractivity contribution is -0.138. The monoisotopic (exact) mass is 245 g/mol. The predicted molar refractivity (Wildman–Crippen MR) is 69.0 cm³/mol. The van der Waals surface area contributed by atoms with Crippen molar-refractivity contribution in [3.63, 3.8) is 0 Å². The van der Waals surface area contributed by atoms with Crippen LogP contribution in [0.5, 0.6) is 0 Å². The predicted octanol–water partition coefficient (Wildman–Crippen LogP) is 3.79. The number of aliphatic carboxylic acids is 1. The van der Waals surface area contributed by atoms with Crippen molar-refractivity contribution in [2.75, 3.05) is 0 Å². The Morgan fingerprint density at radius 3 is 2.44 bits per heavy atom. The second-order valence-corrected chi connectivity index (χ2v) is 4.17. The molecule has 1 unspecified atom stereocenters. The minimum absolute atomic E-state index is 0. The minimum Gasteiger partial charge on any atom is -0.481 e. The van der Waals surface area contributed by atoms with Crippen LogP contribution in [0.1, 0.15) is 19.8 Å². The first-order chi connectivity index (χ1) is 8.59. The van der Waals surface area contributed by atoms with Gasteiger partial charge < -0.3 is 5.11 Å². The van der Waals surface area contributed by atoms with Crippen molar-refractivity contribution >= 4 is 5.97 Å². The fourth-order valence-electron chi connectivity index (χ4n) is 1.80. The topological polar surface area (TPSA) is 37.3 Å². The van der Waals surface area contributed by atoms with Gasteiger partial charge in [-0.2, -0.15) is 0 Å². The summed E-state index contributed by atoms with van der Waals surface area (Å²) in [6.45, 7) is 1.54. The molecule has 0 aliphatic rings. The molecule has 1 N–H and O–H groups in total. The molecule has 0 aromatic heterocycles. The summed E-state index contributed by atoms with van der Waals surface area (Å²) in [6, 6.07) is 13.7. The van der Waals surface area contributed by atoms with Crippen LogP contribution in [0, 0.1) is 5.82 Å². The van der Waals surface area contributed by atoms with Gasteiger partial charge in [-0.15, -0.1) is 0 Å². The molecule has 0 aliphatic heterocycles. The first kappa shape index (κ1) is 12.3. The van der Waals surface area contributed by atoms with Crippen LogP contribution in [-0.4, -0.2) is 11.1 Å². The van der Waals surface area contributed by atoms with E-state index >= 15 is 0 Å². The maximum absolute atomic E-state index is 14.0. The third-order valence-corrected chi connectivity index (χ3v) is 2.95. The van der Waals surface area contributed by atoms with Gasteiger partial charge in [-0.1, -0.05) is 42.5 Å². The van der Waals surface area contributed by atoms with Crippen molar-refractivity contribution < 1.29 is 15.7 Å². The molecule has 0 spiro atoms. The number of hydrogen-bond acceptors (Lipinski definition) is 1. The maximum Gasteiger partial charge on any atom is 1.00 e. The van der Waals surface area contributed by atoms with E-state index in [9.17, 15) is 9.18 Å². The third-order valence-electron chi connectivity index (χ3n) is 2.95. The van der Waals surface area contributed by atoms with Gasteiger partial charge >= 0.3 is 7.40 Å². The molecule has 0 radical (unpaired) electrons. The van der Waals surface area contributed by atoms with Crippen molar-refractivity contribution in [3.05, 3.63) is 59.9 Å². The SMILES string of the molecule is CC(C(=O)O)c1ccc(-c2ccccc2)c(F)c1.[H+]. The molecule has 3 heteroatoms. The number of benzene rings is 2. The highest BCUT2D eigenvalue weighted by Crippen LogP contribution is 2.26. The van der Waals surface area contributed by atoms with Crippen LogP contribution < -0.4 is 0 Å². The number of hydrogen-bond donors (Lipinski definition) is 1. The molecule has 0 aliphatic carbocycles. The number of carbonyl (C=O) groups is 1. The Morgan fingerprint density at radius 1 is 1.22 bits per heavy atom. The second-order valence-electron chi connectivity index (χ2n) is 4.17. The van der Waals surface area contributed by atoms with E-state index in [1.165, 1.54) is 6.07 Å². The zero-order chi connectivity index (χ0) is 13.1. The third kappa shape index (κ3) is 2.40. The second kappa shape index (κ2) is 5.00. The molecule has 18 heavy (non-hydrogen) atoms. The van der Waals surface area contributed by atoms with Crippen LogP contribution in [0.2, 0.25) is 0 Å². The fraction of sp³-hybridized carbons (Fsp3) is 0.133. The van der Waals surface area contributed by atoms with Gasteiger partial charge in [0.05, 0.1) is 5.92 Å². The molecule has 2 aromatic rings. The molecule has 0 amide bonds. The summed E-state index contributed by atoms with van der Waals surface area (Å²) in [5, 5.41) is 8.89. The summed E-state index contributed by atoms with van der Waals surface area (Å²) in [4.78, 5) is 10.8. The summed E-state index contributed by atoms with van der Waals surface area (Å²) < 4.78 is 14.0. The molecule has 0 bridgehead atoms. The summed E-state index contributed by atoms with van der Waals surface area (Å²) in [6.07, 6.45) is 0. The standard InChI is InChI=1S/C15H13FO2/c1-10(15(17)18)12-7-8-13(14(16)9-12)11-5-3-2-4-6-11/h2-10H,1H3,(H,17,18)/p+1. The van der Waals surface area contributed by atoms with Crippen LogP contribution in [0.3, 0.4) is 0 Å². The zero-order valence-corrected chi connectivity index (χ0v) is 9.93. The van der Waals surface area contributed by atoms with Gasteiger partial charge in [-0.05, 0) is 24.1 Å². The molecule has 0 saturated carbocycles. The molecular weight excluding hydrogens is 231 g/mol. The summed E-state index contributed by atoms with van der Waals surface area (Å²) >= 11 is 0. The summed E-state index contributed by atoms with van der Waals surface area (Å²) in [5.74, 6) is -2.06. The van der Waals surface area contributed by atoms with E-state index in [4.69, 9.17) is 5.11 Å². The Labute approximate surface area is 106 Å². The quantitative estimate of drug-likeness (QED) is 0.893. The van der Waals surface area contributed by atoms with Gasteiger partial charge in [0.15, 0.2) is 0 Å². The number of carboxylic acid groups (broad SMARTS) is 1. The van der Waals surface area contributed by atoms with Gasteiger partial charge in [0, 0.05) is 5.56 Å². The minimum atomic E-state index is -0.957. The normalized spacial score (nSPS) is 12.1. The van der Waals surface area contributed by atoms with E-state index in [0.29, 0.717) is 11.1 Å². The Kier molecular flexibility index (Phi) is 3.42. The summed E-state index contributed by atoms with van der Waals surface area (Å²) in [7, 11) is 0. The molecule has 2 rings (SSSR count). The van der Waals surface area contributed by atoms with Gasteiger partial charge in [-0.3, -0.25) is 4.79 Å². The largest absolute Gasteiger partial charge is 1.00 e. The number of carboxylic acids is 1. The molecule has 0 fully saturated rings. The van der Waals surface area contributed by atoms with Crippen LogP contribution in [-0.2, 0) is 4.79 Å². The number of halogens is 1. The Balaban J connectivity index is 0.00000180. The fourth-order valence-corrected chi connectivity index (χ4v) is 1.80. The van der Waals surface area contributed by atoms with Crippen LogP contribution in [0.4, 0.5) is 4.39 Å². The molecular formula is C15H14FO2+. The average Bonchev–Trinajstić information content (AvgIpc) is 2.38. The van der Waals surface area contributed by atoms with Crippen molar-refractivity contribution in [1.82, 2.24) is 0 Å². The molecule has 92 valence electrons. The lowest BCUT2D eigenvalue weighted by Gasteiger charge is -2.09. The molecule has 1 atom stereocenters. The van der Waals surface area contributed by atoms with E-state index in [-0.39, 0.29) is 1.43 Å². The van der Waals surface area contributed by atoms with Crippen molar-refractivity contribution in [2.24, 2.45) is 0 Å². The number of rotatable bonds is 3. The lowest BCUT2D eigenvalue weighted by atomic mass is 9.97. The molecule has 0 heterocycles.